The largest absolute Gasteiger partial charge is 0.263 e. The molecule has 3 aromatic rings. The van der Waals surface area contributed by atoms with Gasteiger partial charge in [-0.3, -0.25) is 4.72 Å². The van der Waals surface area contributed by atoms with Crippen molar-refractivity contribution in [3.63, 3.8) is 0 Å². The van der Waals surface area contributed by atoms with Gasteiger partial charge in [0.1, 0.15) is 0 Å². The molecule has 0 aliphatic rings. The second-order valence-corrected chi connectivity index (χ2v) is 8.51. The number of aromatic nitrogens is 1. The fraction of sp³-hybridized carbons (Fsp3) is 0.111. The van der Waals surface area contributed by atoms with E-state index in [4.69, 9.17) is 16.9 Å². The molecule has 0 amide bonds. The second kappa shape index (κ2) is 7.46. The van der Waals surface area contributed by atoms with Gasteiger partial charge in [0.15, 0.2) is 5.13 Å². The van der Waals surface area contributed by atoms with Gasteiger partial charge in [-0.1, -0.05) is 29.8 Å². The standard InChI is InChI=1S/C18H14ClN3O2S2/c1-12-16(19)3-2-4-17(12)26(23,24)22-18-21-15(11-25-18)9-13-5-7-14(10-20)8-6-13/h2-8,11H,9H2,1H3,(H,21,22). The van der Waals surface area contributed by atoms with Crippen molar-refractivity contribution in [2.45, 2.75) is 18.2 Å². The van der Waals surface area contributed by atoms with Crippen molar-refractivity contribution in [2.75, 3.05) is 4.72 Å². The number of nitrogens with zero attached hydrogens (tertiary/aromatic N) is 2. The summed E-state index contributed by atoms with van der Waals surface area (Å²) < 4.78 is 27.7. The Morgan fingerprint density at radius 1 is 1.23 bits per heavy atom. The van der Waals surface area contributed by atoms with E-state index in [1.54, 1.807) is 36.6 Å². The molecule has 1 aromatic heterocycles. The molecule has 0 atom stereocenters. The van der Waals surface area contributed by atoms with E-state index in [0.717, 1.165) is 11.3 Å². The van der Waals surface area contributed by atoms with Gasteiger partial charge in [-0.25, -0.2) is 13.4 Å². The quantitative estimate of drug-likeness (QED) is 0.685. The third-order valence-electron chi connectivity index (χ3n) is 3.75. The molecule has 0 radical (unpaired) electrons. The van der Waals surface area contributed by atoms with Crippen molar-refractivity contribution in [1.82, 2.24) is 4.98 Å². The highest BCUT2D eigenvalue weighted by atomic mass is 35.5. The first-order chi connectivity index (χ1) is 12.4. The Labute approximate surface area is 161 Å². The molecule has 0 fully saturated rings. The third-order valence-corrected chi connectivity index (χ3v) is 6.58. The lowest BCUT2D eigenvalue weighted by molar-refractivity contribution is 0.600. The molecular weight excluding hydrogens is 390 g/mol. The van der Waals surface area contributed by atoms with Crippen LogP contribution >= 0.6 is 22.9 Å². The molecule has 2 aromatic carbocycles. The summed E-state index contributed by atoms with van der Waals surface area (Å²) in [6.07, 6.45) is 0.556. The first-order valence-electron chi connectivity index (χ1n) is 7.60. The van der Waals surface area contributed by atoms with Gasteiger partial charge < -0.3 is 0 Å². The van der Waals surface area contributed by atoms with Crippen molar-refractivity contribution in [1.29, 1.82) is 5.26 Å². The van der Waals surface area contributed by atoms with Gasteiger partial charge in [-0.15, -0.1) is 11.3 Å². The topological polar surface area (TPSA) is 82.8 Å². The van der Waals surface area contributed by atoms with Crippen LogP contribution in [0, 0.1) is 18.3 Å². The summed E-state index contributed by atoms with van der Waals surface area (Å²) in [7, 11) is -3.76. The highest BCUT2D eigenvalue weighted by molar-refractivity contribution is 7.93. The molecule has 26 heavy (non-hydrogen) atoms. The zero-order valence-corrected chi connectivity index (χ0v) is 16.1. The molecule has 0 saturated carbocycles. The summed E-state index contributed by atoms with van der Waals surface area (Å²) >= 11 is 7.23. The van der Waals surface area contributed by atoms with Gasteiger partial charge in [0, 0.05) is 16.8 Å². The van der Waals surface area contributed by atoms with Gasteiger partial charge in [0.05, 0.1) is 22.2 Å². The molecule has 3 rings (SSSR count). The molecule has 5 nitrogen and oxygen atoms in total. The molecule has 0 aliphatic carbocycles. The Balaban J connectivity index is 1.77. The zero-order chi connectivity index (χ0) is 18.7. The fourth-order valence-electron chi connectivity index (χ4n) is 2.39. The number of nitrogens with one attached hydrogen (secondary N) is 1. The fourth-order valence-corrected chi connectivity index (χ4v) is 4.85. The van der Waals surface area contributed by atoms with Crippen LogP contribution in [-0.2, 0) is 16.4 Å². The first-order valence-corrected chi connectivity index (χ1v) is 10.3. The SMILES string of the molecule is Cc1c(Cl)cccc1S(=O)(=O)Nc1nc(Cc2ccc(C#N)cc2)cs1. The van der Waals surface area contributed by atoms with Crippen molar-refractivity contribution in [3.05, 3.63) is 75.3 Å². The molecule has 0 aliphatic heterocycles. The lowest BCUT2D eigenvalue weighted by atomic mass is 10.1. The summed E-state index contributed by atoms with van der Waals surface area (Å²) in [5, 5.41) is 11.3. The highest BCUT2D eigenvalue weighted by Crippen LogP contribution is 2.26. The van der Waals surface area contributed by atoms with Gasteiger partial charge in [0.25, 0.3) is 10.0 Å². The smallest absolute Gasteiger partial charge is 0.255 e. The molecule has 0 unspecified atom stereocenters. The molecular formula is C18H14ClN3O2S2. The van der Waals surface area contributed by atoms with Gasteiger partial charge in [-0.05, 0) is 42.3 Å². The number of nitriles is 1. The molecule has 0 saturated heterocycles. The van der Waals surface area contributed by atoms with Crippen molar-refractivity contribution in [2.24, 2.45) is 0 Å². The molecule has 1 N–H and O–H groups in total. The summed E-state index contributed by atoms with van der Waals surface area (Å²) in [5.74, 6) is 0. The Morgan fingerprint density at radius 2 is 1.96 bits per heavy atom. The van der Waals surface area contributed by atoms with Crippen LogP contribution in [0.25, 0.3) is 0 Å². The molecule has 1 heterocycles. The van der Waals surface area contributed by atoms with Crippen LogP contribution in [0.5, 0.6) is 0 Å². The van der Waals surface area contributed by atoms with Crippen LogP contribution < -0.4 is 4.72 Å². The normalized spacial score (nSPS) is 11.1. The van der Waals surface area contributed by atoms with Crippen molar-refractivity contribution >= 4 is 38.1 Å². The summed E-state index contributed by atoms with van der Waals surface area (Å²) in [5.41, 5.74) is 2.84. The first kappa shape index (κ1) is 18.4. The molecule has 8 heteroatoms. The van der Waals surface area contributed by atoms with Crippen LogP contribution in [0.1, 0.15) is 22.4 Å². The minimum Gasteiger partial charge on any atom is -0.255 e. The van der Waals surface area contributed by atoms with E-state index in [2.05, 4.69) is 15.8 Å². The number of hydrogen-bond donors (Lipinski definition) is 1. The average molecular weight is 404 g/mol. The molecule has 132 valence electrons. The monoisotopic (exact) mass is 403 g/mol. The third kappa shape index (κ3) is 4.05. The van der Waals surface area contributed by atoms with Crippen molar-refractivity contribution in [3.8, 4) is 6.07 Å². The predicted molar refractivity (Wildman–Crippen MR) is 103 cm³/mol. The molecule has 0 spiro atoms. The number of anilines is 1. The van der Waals surface area contributed by atoms with Crippen LogP contribution in [0.4, 0.5) is 5.13 Å². The number of hydrogen-bond acceptors (Lipinski definition) is 5. The number of benzene rings is 2. The molecule has 0 bridgehead atoms. The minimum atomic E-state index is -3.76. The lowest BCUT2D eigenvalue weighted by Crippen LogP contribution is -2.14. The van der Waals surface area contributed by atoms with E-state index in [0.29, 0.717) is 27.7 Å². The van der Waals surface area contributed by atoms with Crippen LogP contribution in [-0.4, -0.2) is 13.4 Å². The van der Waals surface area contributed by atoms with Gasteiger partial charge in [-0.2, -0.15) is 5.26 Å². The lowest BCUT2D eigenvalue weighted by Gasteiger charge is -2.09. The van der Waals surface area contributed by atoms with Crippen molar-refractivity contribution < 1.29 is 8.42 Å². The van der Waals surface area contributed by atoms with E-state index in [1.165, 1.54) is 17.4 Å². The summed E-state index contributed by atoms with van der Waals surface area (Å²) in [6, 6.07) is 14.0. The summed E-state index contributed by atoms with van der Waals surface area (Å²) in [4.78, 5) is 4.47. The van der Waals surface area contributed by atoms with Crippen LogP contribution in [0.2, 0.25) is 5.02 Å². The average Bonchev–Trinajstić information content (AvgIpc) is 3.04. The Bertz CT molecular complexity index is 1080. The second-order valence-electron chi connectivity index (χ2n) is 5.60. The van der Waals surface area contributed by atoms with E-state index in [1.807, 2.05) is 12.1 Å². The maximum absolute atomic E-state index is 12.6. The van der Waals surface area contributed by atoms with Crippen LogP contribution in [0.3, 0.4) is 0 Å². The maximum Gasteiger partial charge on any atom is 0.263 e. The Morgan fingerprint density at radius 3 is 2.65 bits per heavy atom. The summed E-state index contributed by atoms with van der Waals surface area (Å²) in [6.45, 7) is 1.66. The number of sulfonamides is 1. The predicted octanol–water partition coefficient (Wildman–Crippen LogP) is 4.37. The van der Waals surface area contributed by atoms with E-state index in [9.17, 15) is 8.42 Å². The van der Waals surface area contributed by atoms with E-state index >= 15 is 0 Å². The van der Waals surface area contributed by atoms with E-state index < -0.39 is 10.0 Å². The van der Waals surface area contributed by atoms with E-state index in [-0.39, 0.29) is 4.90 Å². The number of rotatable bonds is 5. The Kier molecular flexibility index (Phi) is 5.28. The Hall–Kier alpha value is -2.40. The highest BCUT2D eigenvalue weighted by Gasteiger charge is 2.19. The minimum absolute atomic E-state index is 0.133. The zero-order valence-electron chi connectivity index (χ0n) is 13.7. The van der Waals surface area contributed by atoms with Gasteiger partial charge in [0.2, 0.25) is 0 Å². The number of halogens is 1. The van der Waals surface area contributed by atoms with Gasteiger partial charge >= 0.3 is 0 Å². The number of thiazole rings is 1. The van der Waals surface area contributed by atoms with Crippen LogP contribution in [0.15, 0.2) is 52.7 Å². The maximum atomic E-state index is 12.6.